The van der Waals surface area contributed by atoms with Crippen LogP contribution in [0.25, 0.3) is 11.2 Å². The number of nitrogens with one attached hydrogen (secondary N) is 1. The van der Waals surface area contributed by atoms with E-state index in [2.05, 4.69) is 20.3 Å². The van der Waals surface area contributed by atoms with Gasteiger partial charge in [-0.15, -0.1) is 0 Å². The van der Waals surface area contributed by atoms with E-state index in [0.717, 1.165) is 12.8 Å². The number of nitrogens with zero attached hydrogens (tertiary/aromatic N) is 4. The molecule has 30 heavy (non-hydrogen) atoms. The zero-order valence-electron chi connectivity index (χ0n) is 17.5. The van der Waals surface area contributed by atoms with Gasteiger partial charge in [-0.25, -0.2) is 15.0 Å². The van der Waals surface area contributed by atoms with Crippen molar-refractivity contribution in [3.63, 3.8) is 0 Å². The summed E-state index contributed by atoms with van der Waals surface area (Å²) in [6, 6.07) is 0.366. The lowest BCUT2D eigenvalue weighted by molar-refractivity contribution is -0.159. The molecule has 1 saturated carbocycles. The molecule has 10 nitrogen and oxygen atoms in total. The van der Waals surface area contributed by atoms with Crippen molar-refractivity contribution in [2.45, 2.75) is 77.0 Å². The highest BCUT2D eigenvalue weighted by atomic mass is 16.6. The molecule has 4 rings (SSSR count). The summed E-state index contributed by atoms with van der Waals surface area (Å²) in [6.45, 7) is 5.08. The minimum Gasteiger partial charge on any atom is -0.462 e. The molecular weight excluding hydrogens is 390 g/mol. The third-order valence-electron chi connectivity index (χ3n) is 5.66. The summed E-state index contributed by atoms with van der Waals surface area (Å²) >= 11 is 0. The molecule has 3 N–H and O–H groups in total. The molecule has 2 aliphatic rings. The first-order chi connectivity index (χ1) is 14.3. The van der Waals surface area contributed by atoms with Crippen LogP contribution in [-0.4, -0.2) is 66.7 Å². The summed E-state index contributed by atoms with van der Waals surface area (Å²) in [7, 11) is 0. The maximum absolute atomic E-state index is 12.0. The maximum Gasteiger partial charge on any atom is 0.311 e. The monoisotopic (exact) mass is 419 g/mol. The summed E-state index contributed by atoms with van der Waals surface area (Å²) < 4.78 is 12.7. The number of aliphatic hydroxyl groups is 2. The fraction of sp³-hybridized carbons (Fsp3) is 0.700. The van der Waals surface area contributed by atoms with Gasteiger partial charge in [-0.2, -0.15) is 0 Å². The molecule has 2 unspecified atom stereocenters. The lowest BCUT2D eigenvalue weighted by atomic mass is 9.97. The minimum absolute atomic E-state index is 0.152. The van der Waals surface area contributed by atoms with Gasteiger partial charge in [0.2, 0.25) is 0 Å². The number of ether oxygens (including phenoxy) is 2. The zero-order chi connectivity index (χ0) is 21.5. The van der Waals surface area contributed by atoms with Gasteiger partial charge in [0, 0.05) is 6.04 Å². The normalized spacial score (nSPS) is 27.6. The molecule has 0 bridgehead atoms. The number of carbonyl (C=O) groups excluding carboxylic acids is 1. The second kappa shape index (κ2) is 8.09. The van der Waals surface area contributed by atoms with Crippen LogP contribution in [0.3, 0.4) is 0 Å². The highest BCUT2D eigenvalue weighted by Gasteiger charge is 2.45. The third-order valence-corrected chi connectivity index (χ3v) is 5.66. The topological polar surface area (TPSA) is 132 Å². The first-order valence-electron chi connectivity index (χ1n) is 10.4. The summed E-state index contributed by atoms with van der Waals surface area (Å²) in [5.74, 6) is 0.244. The highest BCUT2D eigenvalue weighted by molar-refractivity contribution is 5.82. The van der Waals surface area contributed by atoms with Crippen LogP contribution in [0.4, 0.5) is 5.82 Å². The van der Waals surface area contributed by atoms with E-state index in [0.29, 0.717) is 23.0 Å². The van der Waals surface area contributed by atoms with E-state index >= 15 is 0 Å². The van der Waals surface area contributed by atoms with Crippen molar-refractivity contribution in [1.82, 2.24) is 19.5 Å². The van der Waals surface area contributed by atoms with E-state index in [1.165, 1.54) is 25.5 Å². The van der Waals surface area contributed by atoms with Gasteiger partial charge in [-0.05, 0) is 33.6 Å². The summed E-state index contributed by atoms with van der Waals surface area (Å²) in [6.07, 6.45) is 3.35. The summed E-state index contributed by atoms with van der Waals surface area (Å²) in [5.41, 5.74) is 0.410. The smallest absolute Gasteiger partial charge is 0.311 e. The Morgan fingerprint density at radius 3 is 2.67 bits per heavy atom. The Morgan fingerprint density at radius 2 is 1.97 bits per heavy atom. The Labute approximate surface area is 174 Å². The maximum atomic E-state index is 12.0. The number of imidazole rings is 1. The van der Waals surface area contributed by atoms with Crippen LogP contribution in [0.1, 0.15) is 52.7 Å². The van der Waals surface area contributed by atoms with E-state index in [1.54, 1.807) is 25.3 Å². The number of fused-ring (bicyclic) bond motifs is 1. The SMILES string of the molecule is CC(C)(C)C(=O)OCC1OC(n2cnc3c(NC4CCCC4)ncnc32)[C@H](O)[C@@H]1O. The van der Waals surface area contributed by atoms with Crippen LogP contribution >= 0.6 is 0 Å². The predicted octanol–water partition coefficient (Wildman–Crippen LogP) is 1.39. The van der Waals surface area contributed by atoms with Crippen LogP contribution in [0.5, 0.6) is 0 Å². The zero-order valence-corrected chi connectivity index (χ0v) is 17.5. The van der Waals surface area contributed by atoms with Crippen molar-refractivity contribution >= 4 is 23.0 Å². The number of anilines is 1. The molecule has 1 aliphatic carbocycles. The van der Waals surface area contributed by atoms with Gasteiger partial charge in [0.15, 0.2) is 23.2 Å². The van der Waals surface area contributed by atoms with Gasteiger partial charge in [-0.3, -0.25) is 9.36 Å². The fourth-order valence-corrected chi connectivity index (χ4v) is 3.88. The summed E-state index contributed by atoms with van der Waals surface area (Å²) in [4.78, 5) is 25.1. The number of aliphatic hydroxyl groups excluding tert-OH is 2. The van der Waals surface area contributed by atoms with Crippen LogP contribution in [0.15, 0.2) is 12.7 Å². The second-order valence-electron chi connectivity index (χ2n) is 9.07. The van der Waals surface area contributed by atoms with Gasteiger partial charge in [-0.1, -0.05) is 12.8 Å². The number of esters is 1. The van der Waals surface area contributed by atoms with E-state index in [4.69, 9.17) is 9.47 Å². The molecule has 3 heterocycles. The lowest BCUT2D eigenvalue weighted by Crippen LogP contribution is -2.35. The van der Waals surface area contributed by atoms with E-state index in [-0.39, 0.29) is 6.61 Å². The van der Waals surface area contributed by atoms with E-state index < -0.39 is 35.9 Å². The predicted molar refractivity (Wildman–Crippen MR) is 108 cm³/mol. The molecule has 1 aliphatic heterocycles. The molecule has 164 valence electrons. The third kappa shape index (κ3) is 3.99. The molecule has 0 aromatic carbocycles. The molecule has 10 heteroatoms. The van der Waals surface area contributed by atoms with Crippen LogP contribution < -0.4 is 5.32 Å². The van der Waals surface area contributed by atoms with Crippen molar-refractivity contribution < 1.29 is 24.5 Å². The van der Waals surface area contributed by atoms with Crippen LogP contribution in [0.2, 0.25) is 0 Å². The average Bonchev–Trinajstić information content (AvgIpc) is 3.41. The average molecular weight is 419 g/mol. The molecule has 4 atom stereocenters. The van der Waals surface area contributed by atoms with Gasteiger partial charge < -0.3 is 25.0 Å². The first-order valence-corrected chi connectivity index (χ1v) is 10.4. The molecule has 0 radical (unpaired) electrons. The Hall–Kier alpha value is -2.30. The second-order valence-corrected chi connectivity index (χ2v) is 9.07. The number of rotatable bonds is 5. The molecule has 1 saturated heterocycles. The molecule has 2 aromatic heterocycles. The van der Waals surface area contributed by atoms with Crippen molar-refractivity contribution in [2.75, 3.05) is 11.9 Å². The van der Waals surface area contributed by atoms with Crippen molar-refractivity contribution in [1.29, 1.82) is 0 Å². The van der Waals surface area contributed by atoms with E-state index in [1.807, 2.05) is 0 Å². The number of hydrogen-bond acceptors (Lipinski definition) is 9. The van der Waals surface area contributed by atoms with Crippen molar-refractivity contribution in [3.8, 4) is 0 Å². The Bertz CT molecular complexity index is 905. The van der Waals surface area contributed by atoms with Crippen LogP contribution in [-0.2, 0) is 14.3 Å². The quantitative estimate of drug-likeness (QED) is 0.615. The first kappa shape index (κ1) is 21.0. The van der Waals surface area contributed by atoms with E-state index in [9.17, 15) is 15.0 Å². The lowest BCUT2D eigenvalue weighted by Gasteiger charge is -2.20. The molecule has 0 amide bonds. The molecule has 0 spiro atoms. The molecule has 2 fully saturated rings. The van der Waals surface area contributed by atoms with Gasteiger partial charge in [0.25, 0.3) is 0 Å². The Balaban J connectivity index is 1.51. The summed E-state index contributed by atoms with van der Waals surface area (Å²) in [5, 5.41) is 24.4. The molecule has 2 aromatic rings. The fourth-order valence-electron chi connectivity index (χ4n) is 3.88. The number of hydrogen-bond donors (Lipinski definition) is 3. The Kier molecular flexibility index (Phi) is 5.65. The highest BCUT2D eigenvalue weighted by Crippen LogP contribution is 2.33. The number of aromatic nitrogens is 4. The minimum atomic E-state index is -1.22. The van der Waals surface area contributed by atoms with Gasteiger partial charge in [0.05, 0.1) is 11.7 Å². The largest absolute Gasteiger partial charge is 0.462 e. The number of carbonyl (C=O) groups is 1. The van der Waals surface area contributed by atoms with Gasteiger partial charge in [0.1, 0.15) is 31.2 Å². The standard InChI is InChI=1S/C20H29N5O5/c1-20(2,3)19(28)29-8-12-14(26)15(27)18(30-12)25-10-23-13-16(21-9-22-17(13)25)24-11-6-4-5-7-11/h9-12,14-15,18,26-27H,4-8H2,1-3H3,(H,21,22,24)/t12?,14-,15-,18?/m1/s1. The van der Waals surface area contributed by atoms with Crippen LogP contribution in [0, 0.1) is 5.41 Å². The van der Waals surface area contributed by atoms with Gasteiger partial charge >= 0.3 is 5.97 Å². The van der Waals surface area contributed by atoms with Crippen molar-refractivity contribution in [3.05, 3.63) is 12.7 Å². The Morgan fingerprint density at radius 1 is 1.23 bits per heavy atom. The molecular formula is C20H29N5O5. The van der Waals surface area contributed by atoms with Crippen molar-refractivity contribution in [2.24, 2.45) is 5.41 Å².